The quantitative estimate of drug-likeness (QED) is 0.758. The van der Waals surface area contributed by atoms with E-state index in [4.69, 9.17) is 9.26 Å². The van der Waals surface area contributed by atoms with Gasteiger partial charge in [-0.05, 0) is 19.8 Å². The first-order valence-electron chi connectivity index (χ1n) is 6.30. The zero-order valence-electron chi connectivity index (χ0n) is 10.5. The van der Waals surface area contributed by atoms with E-state index in [-0.39, 0.29) is 11.1 Å². The minimum absolute atomic E-state index is 0.0377. The number of esters is 1. The molecule has 0 aromatic carbocycles. The van der Waals surface area contributed by atoms with Gasteiger partial charge in [0.1, 0.15) is 5.76 Å². The number of carbonyl (C=O) groups excluding carboxylic acids is 1. The van der Waals surface area contributed by atoms with Crippen molar-refractivity contribution in [3.8, 4) is 0 Å². The molecule has 4 heteroatoms. The van der Waals surface area contributed by atoms with E-state index >= 15 is 0 Å². The molecule has 1 aliphatic rings. The first kappa shape index (κ1) is 12.1. The smallest absolute Gasteiger partial charge is 0.360 e. The van der Waals surface area contributed by atoms with E-state index in [1.807, 2.05) is 0 Å². The van der Waals surface area contributed by atoms with Crippen molar-refractivity contribution in [1.29, 1.82) is 0 Å². The molecule has 17 heavy (non-hydrogen) atoms. The zero-order chi connectivity index (χ0) is 12.3. The first-order valence-corrected chi connectivity index (χ1v) is 6.30. The molecule has 4 nitrogen and oxygen atoms in total. The molecule has 0 N–H and O–H groups in total. The first-order chi connectivity index (χ1) is 8.15. The molecular formula is C13H19NO3. The molecule has 1 heterocycles. The van der Waals surface area contributed by atoms with Crippen LogP contribution in [0.5, 0.6) is 0 Å². The van der Waals surface area contributed by atoms with Gasteiger partial charge in [0.15, 0.2) is 5.69 Å². The maximum atomic E-state index is 11.5. The lowest BCUT2D eigenvalue weighted by atomic mass is 9.74. The van der Waals surface area contributed by atoms with Gasteiger partial charge in [0.05, 0.1) is 6.61 Å². The normalized spacial score (nSPS) is 18.9. The van der Waals surface area contributed by atoms with Crippen LogP contribution in [0.15, 0.2) is 10.6 Å². The van der Waals surface area contributed by atoms with Gasteiger partial charge in [-0.3, -0.25) is 0 Å². The highest BCUT2D eigenvalue weighted by atomic mass is 16.5. The summed E-state index contributed by atoms with van der Waals surface area (Å²) in [7, 11) is 0. The number of nitrogens with zero attached hydrogens (tertiary/aromatic N) is 1. The van der Waals surface area contributed by atoms with Crippen LogP contribution < -0.4 is 0 Å². The fourth-order valence-corrected chi connectivity index (χ4v) is 2.44. The van der Waals surface area contributed by atoms with Crippen molar-refractivity contribution < 1.29 is 14.1 Å². The molecule has 2 rings (SSSR count). The Kier molecular flexibility index (Phi) is 3.50. The Morgan fingerprint density at radius 3 is 2.82 bits per heavy atom. The number of rotatable bonds is 3. The van der Waals surface area contributed by atoms with Crippen molar-refractivity contribution in [3.63, 3.8) is 0 Å². The molecule has 1 aliphatic carbocycles. The molecule has 0 aliphatic heterocycles. The molecule has 1 aromatic rings. The molecule has 1 aromatic heterocycles. The second-order valence-corrected chi connectivity index (χ2v) is 4.92. The molecule has 0 saturated heterocycles. The summed E-state index contributed by atoms with van der Waals surface area (Å²) in [4.78, 5) is 11.5. The van der Waals surface area contributed by atoms with Crippen molar-refractivity contribution in [2.45, 2.75) is 51.4 Å². The molecule has 0 atom stereocenters. The summed E-state index contributed by atoms with van der Waals surface area (Å²) in [6, 6.07) is 1.74. The standard InChI is InChI=1S/C13H19NO3/c1-3-16-12(15)10-9-11(17-14-10)13(2)7-5-4-6-8-13/h9H,3-8H2,1-2H3. The summed E-state index contributed by atoms with van der Waals surface area (Å²) in [6.07, 6.45) is 5.92. The van der Waals surface area contributed by atoms with Crippen LogP contribution in [0.25, 0.3) is 0 Å². The van der Waals surface area contributed by atoms with Crippen LogP contribution in [0.3, 0.4) is 0 Å². The van der Waals surface area contributed by atoms with Gasteiger partial charge in [-0.15, -0.1) is 0 Å². The average molecular weight is 237 g/mol. The van der Waals surface area contributed by atoms with E-state index in [9.17, 15) is 4.79 Å². The van der Waals surface area contributed by atoms with Crippen LogP contribution in [0.2, 0.25) is 0 Å². The topological polar surface area (TPSA) is 52.3 Å². The van der Waals surface area contributed by atoms with E-state index in [2.05, 4.69) is 12.1 Å². The van der Waals surface area contributed by atoms with Gasteiger partial charge in [-0.25, -0.2) is 4.79 Å². The summed E-state index contributed by atoms with van der Waals surface area (Å²) < 4.78 is 10.2. The molecule has 0 bridgehead atoms. The van der Waals surface area contributed by atoms with Gasteiger partial charge in [-0.2, -0.15) is 0 Å². The lowest BCUT2D eigenvalue weighted by Crippen LogP contribution is -2.24. The molecule has 0 amide bonds. The van der Waals surface area contributed by atoms with Crippen molar-refractivity contribution in [1.82, 2.24) is 5.16 Å². The second-order valence-electron chi connectivity index (χ2n) is 4.92. The SMILES string of the molecule is CCOC(=O)c1cc(C2(C)CCCCC2)on1. The number of carbonyl (C=O) groups is 1. The van der Waals surface area contributed by atoms with Crippen molar-refractivity contribution in [2.24, 2.45) is 0 Å². The third kappa shape index (κ3) is 2.51. The highest BCUT2D eigenvalue weighted by molar-refractivity contribution is 5.87. The van der Waals surface area contributed by atoms with E-state index in [1.54, 1.807) is 13.0 Å². The Labute approximate surface area is 101 Å². The zero-order valence-corrected chi connectivity index (χ0v) is 10.5. The number of ether oxygens (including phenoxy) is 1. The van der Waals surface area contributed by atoms with Gasteiger partial charge in [0.2, 0.25) is 0 Å². The lowest BCUT2D eigenvalue weighted by Gasteiger charge is -2.30. The van der Waals surface area contributed by atoms with Crippen molar-refractivity contribution >= 4 is 5.97 Å². The Balaban J connectivity index is 2.14. The summed E-state index contributed by atoms with van der Waals surface area (Å²) in [5, 5.41) is 3.81. The highest BCUT2D eigenvalue weighted by Gasteiger charge is 2.33. The Hall–Kier alpha value is -1.32. The van der Waals surface area contributed by atoms with E-state index in [0.29, 0.717) is 6.61 Å². The van der Waals surface area contributed by atoms with E-state index < -0.39 is 5.97 Å². The third-order valence-corrected chi connectivity index (χ3v) is 3.55. The van der Waals surface area contributed by atoms with Crippen LogP contribution in [-0.2, 0) is 10.2 Å². The highest BCUT2D eigenvalue weighted by Crippen LogP contribution is 2.39. The maximum absolute atomic E-state index is 11.5. The maximum Gasteiger partial charge on any atom is 0.360 e. The van der Waals surface area contributed by atoms with Gasteiger partial charge < -0.3 is 9.26 Å². The van der Waals surface area contributed by atoms with Gasteiger partial charge in [0.25, 0.3) is 0 Å². The van der Waals surface area contributed by atoms with E-state index in [1.165, 1.54) is 19.3 Å². The van der Waals surface area contributed by atoms with Crippen molar-refractivity contribution in [3.05, 3.63) is 17.5 Å². The minimum atomic E-state index is -0.401. The summed E-state index contributed by atoms with van der Waals surface area (Å²) in [5.74, 6) is 0.419. The molecule has 0 unspecified atom stereocenters. The molecule has 94 valence electrons. The predicted molar refractivity (Wildman–Crippen MR) is 62.9 cm³/mol. The fraction of sp³-hybridized carbons (Fsp3) is 0.692. The largest absolute Gasteiger partial charge is 0.461 e. The summed E-state index contributed by atoms with van der Waals surface area (Å²) in [6.45, 7) is 4.32. The molecule has 1 fully saturated rings. The third-order valence-electron chi connectivity index (χ3n) is 3.55. The monoisotopic (exact) mass is 237 g/mol. The molecule has 0 radical (unpaired) electrons. The van der Waals surface area contributed by atoms with E-state index in [0.717, 1.165) is 18.6 Å². The lowest BCUT2D eigenvalue weighted by molar-refractivity contribution is 0.0514. The minimum Gasteiger partial charge on any atom is -0.461 e. The Bertz CT molecular complexity index is 391. The number of aromatic nitrogens is 1. The van der Waals surface area contributed by atoms with Crippen LogP contribution >= 0.6 is 0 Å². The molecular weight excluding hydrogens is 218 g/mol. The second kappa shape index (κ2) is 4.90. The Morgan fingerprint density at radius 1 is 1.47 bits per heavy atom. The summed E-state index contributed by atoms with van der Waals surface area (Å²) >= 11 is 0. The number of hydrogen-bond donors (Lipinski definition) is 0. The van der Waals surface area contributed by atoms with Crippen LogP contribution in [0.4, 0.5) is 0 Å². The number of hydrogen-bond acceptors (Lipinski definition) is 4. The van der Waals surface area contributed by atoms with Crippen LogP contribution in [-0.4, -0.2) is 17.7 Å². The molecule has 0 spiro atoms. The van der Waals surface area contributed by atoms with Gasteiger partial charge >= 0.3 is 5.97 Å². The summed E-state index contributed by atoms with van der Waals surface area (Å²) in [5.41, 5.74) is 0.323. The average Bonchev–Trinajstić information content (AvgIpc) is 2.80. The van der Waals surface area contributed by atoms with Crippen LogP contribution in [0, 0.1) is 0 Å². The Morgan fingerprint density at radius 2 is 2.18 bits per heavy atom. The van der Waals surface area contributed by atoms with Crippen LogP contribution in [0.1, 0.15) is 62.2 Å². The van der Waals surface area contributed by atoms with Crippen molar-refractivity contribution in [2.75, 3.05) is 6.61 Å². The fourth-order valence-electron chi connectivity index (χ4n) is 2.44. The predicted octanol–water partition coefficient (Wildman–Crippen LogP) is 3.07. The van der Waals surface area contributed by atoms with Gasteiger partial charge in [-0.1, -0.05) is 31.3 Å². The molecule has 1 saturated carbocycles. The van der Waals surface area contributed by atoms with Gasteiger partial charge in [0, 0.05) is 11.5 Å².